The maximum atomic E-state index is 12.9. The largest absolute Gasteiger partial charge is 0.331 e. The molecule has 0 bridgehead atoms. The van der Waals surface area contributed by atoms with Gasteiger partial charge in [-0.05, 0) is 98.7 Å². The van der Waals surface area contributed by atoms with Gasteiger partial charge in [-0.2, -0.15) is 0 Å². The summed E-state index contributed by atoms with van der Waals surface area (Å²) in [5.41, 5.74) is 12.1. The molecule has 0 atom stereocenters. The van der Waals surface area contributed by atoms with Crippen LogP contribution in [0.15, 0.2) is 138 Å². The number of amides is 2. The summed E-state index contributed by atoms with van der Waals surface area (Å²) in [7, 11) is 4.33. The van der Waals surface area contributed by atoms with Crippen LogP contribution in [0, 0.1) is 13.8 Å². The van der Waals surface area contributed by atoms with E-state index in [9.17, 15) is 9.59 Å². The number of likely N-dealkylation sites (N-methyl/N-ethyl adjacent to an activating group) is 2. The van der Waals surface area contributed by atoms with Gasteiger partial charge in [0.05, 0.1) is 5.69 Å². The van der Waals surface area contributed by atoms with Crippen molar-refractivity contribution in [3.8, 4) is 22.0 Å². The minimum Gasteiger partial charge on any atom is -0.331 e. The van der Waals surface area contributed by atoms with E-state index in [0.29, 0.717) is 11.1 Å². The minimum atomic E-state index is -0.119. The van der Waals surface area contributed by atoms with Crippen molar-refractivity contribution in [3.05, 3.63) is 171 Å². The van der Waals surface area contributed by atoms with Gasteiger partial charge in [-0.15, -0.1) is 34.0 Å². The molecule has 13 nitrogen and oxygen atoms in total. The minimum absolute atomic E-state index is 0.114. The van der Waals surface area contributed by atoms with Crippen LogP contribution in [-0.2, 0) is 13.1 Å². The van der Waals surface area contributed by atoms with Gasteiger partial charge >= 0.3 is 0 Å². The van der Waals surface area contributed by atoms with Crippen LogP contribution in [0.3, 0.4) is 0 Å². The van der Waals surface area contributed by atoms with Gasteiger partial charge in [0.25, 0.3) is 11.8 Å². The Morgan fingerprint density at radius 2 is 1.01 bits per heavy atom. The number of aromatic nitrogens is 3. The first-order valence-corrected chi connectivity index (χ1v) is 26.4. The highest BCUT2D eigenvalue weighted by Gasteiger charge is 2.17. The Balaban J connectivity index is 0.000000176. The number of nitrogens with one attached hydrogen (secondary N) is 4. The number of hydrogen-bond donors (Lipinski definition) is 4. The monoisotopic (exact) mass is 1000 g/mol. The fourth-order valence-electron chi connectivity index (χ4n) is 8.21. The summed E-state index contributed by atoms with van der Waals surface area (Å²) in [4.78, 5) is 49.1. The summed E-state index contributed by atoms with van der Waals surface area (Å²) < 4.78 is 0. The lowest BCUT2D eigenvalue weighted by molar-refractivity contribution is 0.101. The molecule has 0 spiro atoms. The highest BCUT2D eigenvalue weighted by atomic mass is 32.1. The fraction of sp³-hybridized carbons (Fsp3) is 0.255. The molecule has 8 aromatic rings. The zero-order valence-corrected chi connectivity index (χ0v) is 43.0. The number of carbonyl (C=O) groups excluding carboxylic acids is 2. The second-order valence-electron chi connectivity index (χ2n) is 18.0. The van der Waals surface area contributed by atoms with Gasteiger partial charge in [-0.3, -0.25) is 19.4 Å². The summed E-state index contributed by atoms with van der Waals surface area (Å²) in [6.45, 7) is 14.6. The van der Waals surface area contributed by atoms with Crippen LogP contribution in [-0.4, -0.2) is 113 Å². The van der Waals surface area contributed by atoms with Crippen molar-refractivity contribution in [2.45, 2.75) is 26.9 Å². The number of benzene rings is 5. The molecule has 0 unspecified atom stereocenters. The highest BCUT2D eigenvalue weighted by molar-refractivity contribution is 7.15. The van der Waals surface area contributed by atoms with E-state index in [1.807, 2.05) is 109 Å². The molecule has 364 valence electrons. The van der Waals surface area contributed by atoms with Crippen LogP contribution < -0.4 is 21.3 Å². The number of thiazole rings is 3. The Bertz CT molecular complexity index is 3000. The van der Waals surface area contributed by atoms with E-state index in [1.54, 1.807) is 28.9 Å². The molecule has 2 amide bonds. The van der Waals surface area contributed by atoms with Crippen molar-refractivity contribution < 1.29 is 9.59 Å². The van der Waals surface area contributed by atoms with Gasteiger partial charge in [-0.1, -0.05) is 66.7 Å². The first-order chi connectivity index (χ1) is 34.6. The van der Waals surface area contributed by atoms with Crippen LogP contribution in [0.5, 0.6) is 0 Å². The lowest BCUT2D eigenvalue weighted by atomic mass is 10.1. The van der Waals surface area contributed by atoms with E-state index in [2.05, 4.69) is 101 Å². The number of aryl methyl sites for hydroxylation is 2. The molecule has 2 aliphatic rings. The first-order valence-electron chi connectivity index (χ1n) is 23.8. The summed E-state index contributed by atoms with van der Waals surface area (Å²) in [6, 6.07) is 37.7. The maximum absolute atomic E-state index is 12.9. The Hall–Kier alpha value is -6.63. The summed E-state index contributed by atoms with van der Waals surface area (Å²) in [5.74, 6) is -0.234. The summed E-state index contributed by atoms with van der Waals surface area (Å²) in [5, 5.41) is 21.4. The summed E-state index contributed by atoms with van der Waals surface area (Å²) >= 11 is 4.66. The van der Waals surface area contributed by atoms with Crippen LogP contribution in [0.1, 0.15) is 43.0 Å². The van der Waals surface area contributed by atoms with Crippen molar-refractivity contribution in [2.24, 2.45) is 0 Å². The van der Waals surface area contributed by atoms with E-state index in [-0.39, 0.29) is 11.8 Å². The number of piperazine rings is 2. The van der Waals surface area contributed by atoms with Gasteiger partial charge in [0.1, 0.15) is 10.7 Å². The second-order valence-corrected chi connectivity index (χ2v) is 20.7. The molecule has 4 N–H and O–H groups in total. The van der Waals surface area contributed by atoms with Crippen LogP contribution in [0.2, 0.25) is 0 Å². The molecular formula is C55H59N11O2S3. The van der Waals surface area contributed by atoms with E-state index in [1.165, 1.54) is 22.5 Å². The fourth-order valence-corrected chi connectivity index (χ4v) is 10.3. The number of rotatable bonds is 14. The van der Waals surface area contributed by atoms with Crippen LogP contribution >= 0.6 is 34.0 Å². The molecule has 10 rings (SSSR count). The third kappa shape index (κ3) is 13.6. The Morgan fingerprint density at radius 3 is 1.48 bits per heavy atom. The number of hydrogen-bond acceptors (Lipinski definition) is 14. The molecule has 5 heterocycles. The SMILES string of the molecule is Cc1ccc(NC(=O)c2ccc(CN3CCN(C)CC3)cc2)cc1Nc1nc(-c2ccccc2)cs1.Cc1ccc(NC(=O)c2ccc(CN3CCN(C)CC3)cc2)cc1Nc1nc(-c2nccs2)cs1. The van der Waals surface area contributed by atoms with E-state index in [0.717, 1.165) is 132 Å². The normalized spacial score (nSPS) is 14.6. The third-order valence-corrected chi connectivity index (χ3v) is 15.0. The molecule has 0 aliphatic carbocycles. The van der Waals surface area contributed by atoms with Crippen molar-refractivity contribution in [1.29, 1.82) is 0 Å². The lowest BCUT2D eigenvalue weighted by Crippen LogP contribution is -2.43. The molecule has 0 saturated carbocycles. The molecule has 2 aliphatic heterocycles. The van der Waals surface area contributed by atoms with E-state index >= 15 is 0 Å². The van der Waals surface area contributed by atoms with Crippen molar-refractivity contribution in [2.75, 3.05) is 87.7 Å². The molecule has 71 heavy (non-hydrogen) atoms. The Kier molecular flexibility index (Phi) is 16.4. The Labute approximate surface area is 428 Å². The summed E-state index contributed by atoms with van der Waals surface area (Å²) in [6.07, 6.45) is 1.78. The van der Waals surface area contributed by atoms with E-state index < -0.39 is 0 Å². The van der Waals surface area contributed by atoms with Crippen molar-refractivity contribution in [1.82, 2.24) is 34.6 Å². The van der Waals surface area contributed by atoms with Crippen LogP contribution in [0.4, 0.5) is 33.0 Å². The van der Waals surface area contributed by atoms with Gasteiger partial charge in [0.2, 0.25) is 0 Å². The molecule has 0 radical (unpaired) electrons. The molecule has 5 aromatic carbocycles. The molecular weight excluding hydrogens is 943 g/mol. The maximum Gasteiger partial charge on any atom is 0.255 e. The number of carbonyl (C=O) groups is 2. The van der Waals surface area contributed by atoms with Gasteiger partial charge in [0.15, 0.2) is 10.3 Å². The number of anilines is 6. The topological polar surface area (TPSA) is 134 Å². The third-order valence-electron chi connectivity index (χ3n) is 12.6. The predicted octanol–water partition coefficient (Wildman–Crippen LogP) is 11.2. The standard InChI is InChI=1S/C29H31N5OS.C26H28N6OS2/c1-21-8-13-25(18-26(21)31-29-32-27(20-36-29)23-6-4-3-5-7-23)30-28(35)24-11-9-22(10-12-24)19-34-16-14-33(2)15-17-34;1-18-3-8-21(15-22(18)29-26-30-23(17-35-26)25-27-9-14-34-25)28-24(33)20-6-4-19(5-7-20)16-32-12-10-31(2)11-13-32/h3-13,18,20H,14-17,19H2,1-2H3,(H,30,35)(H,31,32);3-9,14-15,17H,10-13,16H2,1-2H3,(H,28,33)(H,29,30). The Morgan fingerprint density at radius 1 is 0.549 bits per heavy atom. The van der Waals surface area contributed by atoms with Crippen molar-refractivity contribution >= 4 is 78.8 Å². The predicted molar refractivity (Wildman–Crippen MR) is 294 cm³/mol. The molecule has 3 aromatic heterocycles. The molecule has 2 fully saturated rings. The average Bonchev–Trinajstić information content (AvgIpc) is 4.20. The van der Waals surface area contributed by atoms with Gasteiger partial charge in [-0.25, -0.2) is 15.0 Å². The second kappa shape index (κ2) is 23.5. The molecule has 16 heteroatoms. The van der Waals surface area contributed by atoms with Crippen LogP contribution in [0.25, 0.3) is 22.0 Å². The smallest absolute Gasteiger partial charge is 0.255 e. The lowest BCUT2D eigenvalue weighted by Gasteiger charge is -2.32. The highest BCUT2D eigenvalue weighted by Crippen LogP contribution is 2.32. The van der Waals surface area contributed by atoms with Gasteiger partial charge in [0, 0.05) is 127 Å². The van der Waals surface area contributed by atoms with E-state index in [4.69, 9.17) is 4.98 Å². The molecule has 2 saturated heterocycles. The van der Waals surface area contributed by atoms with Gasteiger partial charge < -0.3 is 31.1 Å². The zero-order chi connectivity index (χ0) is 49.1. The quantitative estimate of drug-likeness (QED) is 0.0830. The number of nitrogens with zero attached hydrogens (tertiary/aromatic N) is 7. The zero-order valence-electron chi connectivity index (χ0n) is 40.5. The van der Waals surface area contributed by atoms with Crippen molar-refractivity contribution in [3.63, 3.8) is 0 Å². The first kappa shape index (κ1) is 49.4. The average molecular weight is 1000 g/mol.